The molecule has 5 heteroatoms. The van der Waals surface area contributed by atoms with Crippen LogP contribution in [-0.2, 0) is 19.8 Å². The first-order valence-electron chi connectivity index (χ1n) is 6.81. The Labute approximate surface area is 118 Å². The number of carbonyl (C=O) groups is 1. The summed E-state index contributed by atoms with van der Waals surface area (Å²) in [5.41, 5.74) is -0.200. The number of hydrogen-bond donors (Lipinski definition) is 2. The highest BCUT2D eigenvalue weighted by atomic mass is 16.5. The lowest BCUT2D eigenvalue weighted by Gasteiger charge is -2.29. The first-order valence-corrected chi connectivity index (χ1v) is 6.81. The number of phenolic OH excluding ortho intramolecular Hbond substituents is 1. The lowest BCUT2D eigenvalue weighted by atomic mass is 9.91. The van der Waals surface area contributed by atoms with E-state index in [9.17, 15) is 9.90 Å². The molecule has 1 heterocycles. The second kappa shape index (κ2) is 6.24. The van der Waals surface area contributed by atoms with Crippen molar-refractivity contribution in [1.82, 2.24) is 5.32 Å². The zero-order valence-electron chi connectivity index (χ0n) is 11.9. The first kappa shape index (κ1) is 14.8. The average Bonchev–Trinajstić information content (AvgIpc) is 2.98. The minimum absolute atomic E-state index is 0.135. The van der Waals surface area contributed by atoms with E-state index in [4.69, 9.17) is 9.47 Å². The number of hydrogen-bond acceptors (Lipinski definition) is 5. The van der Waals surface area contributed by atoms with Crippen LogP contribution in [0.5, 0.6) is 5.75 Å². The topological polar surface area (TPSA) is 67.8 Å². The predicted molar refractivity (Wildman–Crippen MR) is 74.5 cm³/mol. The van der Waals surface area contributed by atoms with Gasteiger partial charge < -0.3 is 14.6 Å². The van der Waals surface area contributed by atoms with Gasteiger partial charge in [0, 0.05) is 13.2 Å². The van der Waals surface area contributed by atoms with Crippen LogP contribution in [0, 0.1) is 0 Å². The van der Waals surface area contributed by atoms with Crippen molar-refractivity contribution in [3.8, 4) is 5.75 Å². The van der Waals surface area contributed by atoms with E-state index in [0.717, 1.165) is 25.0 Å². The van der Waals surface area contributed by atoms with Crippen molar-refractivity contribution in [2.75, 3.05) is 20.3 Å². The minimum atomic E-state index is -0.950. The van der Waals surface area contributed by atoms with Crippen LogP contribution in [0.4, 0.5) is 0 Å². The molecule has 0 radical (unpaired) electrons. The smallest absolute Gasteiger partial charge is 0.330 e. The Bertz CT molecular complexity index is 453. The average molecular weight is 279 g/mol. The third-order valence-corrected chi connectivity index (χ3v) is 3.75. The molecule has 1 saturated heterocycles. The maximum Gasteiger partial charge on any atom is 0.330 e. The molecule has 2 unspecified atom stereocenters. The van der Waals surface area contributed by atoms with Gasteiger partial charge in [0.2, 0.25) is 0 Å². The molecule has 0 aromatic heterocycles. The van der Waals surface area contributed by atoms with Gasteiger partial charge in [0.1, 0.15) is 11.3 Å². The van der Waals surface area contributed by atoms with Gasteiger partial charge in [-0.2, -0.15) is 0 Å². The van der Waals surface area contributed by atoms with Crippen LogP contribution in [-0.4, -0.2) is 37.4 Å². The number of benzene rings is 1. The number of esters is 1. The molecule has 0 saturated carbocycles. The summed E-state index contributed by atoms with van der Waals surface area (Å²) in [4.78, 5) is 12.1. The Morgan fingerprint density at radius 2 is 2.20 bits per heavy atom. The van der Waals surface area contributed by atoms with Gasteiger partial charge in [0.15, 0.2) is 0 Å². The Morgan fingerprint density at radius 3 is 2.75 bits per heavy atom. The molecule has 1 aliphatic rings. The molecular weight excluding hydrogens is 258 g/mol. The Balaban J connectivity index is 2.15. The predicted octanol–water partition coefficient (Wildman–Crippen LogP) is 1.55. The zero-order valence-corrected chi connectivity index (χ0v) is 11.9. The molecule has 2 rings (SSSR count). The number of nitrogens with one attached hydrogen (secondary N) is 1. The summed E-state index contributed by atoms with van der Waals surface area (Å²) in [6, 6.07) is 6.55. The number of ether oxygens (including phenoxy) is 2. The Morgan fingerprint density at radius 1 is 1.50 bits per heavy atom. The summed E-state index contributed by atoms with van der Waals surface area (Å²) in [6.45, 7) is 3.15. The van der Waals surface area contributed by atoms with E-state index in [2.05, 4.69) is 5.32 Å². The molecule has 2 N–H and O–H groups in total. The van der Waals surface area contributed by atoms with Crippen LogP contribution >= 0.6 is 0 Å². The molecule has 0 spiro atoms. The van der Waals surface area contributed by atoms with Crippen molar-refractivity contribution in [3.05, 3.63) is 29.8 Å². The second-order valence-electron chi connectivity index (χ2n) is 5.18. The van der Waals surface area contributed by atoms with Crippen LogP contribution < -0.4 is 5.32 Å². The largest absolute Gasteiger partial charge is 0.508 e. The number of rotatable bonds is 5. The zero-order chi connectivity index (χ0) is 14.6. The highest BCUT2D eigenvalue weighted by molar-refractivity contribution is 5.82. The van der Waals surface area contributed by atoms with Gasteiger partial charge in [-0.15, -0.1) is 0 Å². The van der Waals surface area contributed by atoms with Gasteiger partial charge in [-0.3, -0.25) is 5.32 Å². The quantitative estimate of drug-likeness (QED) is 0.800. The van der Waals surface area contributed by atoms with E-state index in [0.29, 0.717) is 6.54 Å². The lowest BCUT2D eigenvalue weighted by Crippen LogP contribution is -2.49. The molecule has 1 aliphatic heterocycles. The standard InChI is InChI=1S/C15H21NO4/c1-15(14(18)19-2,11-5-7-12(17)8-6-11)16-10-13-4-3-9-20-13/h5-8,13,16-17H,3-4,9-10H2,1-2H3. The Hall–Kier alpha value is -1.59. The molecule has 0 bridgehead atoms. The second-order valence-corrected chi connectivity index (χ2v) is 5.18. The molecule has 0 amide bonds. The van der Waals surface area contributed by atoms with E-state index in [-0.39, 0.29) is 17.8 Å². The van der Waals surface area contributed by atoms with Gasteiger partial charge in [0.05, 0.1) is 13.2 Å². The summed E-state index contributed by atoms with van der Waals surface area (Å²) < 4.78 is 10.5. The molecule has 1 aromatic carbocycles. The van der Waals surface area contributed by atoms with Gasteiger partial charge in [0.25, 0.3) is 0 Å². The molecule has 110 valence electrons. The van der Waals surface area contributed by atoms with E-state index in [1.807, 2.05) is 0 Å². The highest BCUT2D eigenvalue weighted by Gasteiger charge is 2.36. The SMILES string of the molecule is COC(=O)C(C)(NCC1CCCO1)c1ccc(O)cc1. The van der Waals surface area contributed by atoms with Crippen molar-refractivity contribution >= 4 is 5.97 Å². The number of aromatic hydroxyl groups is 1. The van der Waals surface area contributed by atoms with Crippen LogP contribution in [0.1, 0.15) is 25.3 Å². The monoisotopic (exact) mass is 279 g/mol. The number of carbonyl (C=O) groups excluding carboxylic acids is 1. The summed E-state index contributed by atoms with van der Waals surface area (Å²) in [5.74, 6) is -0.193. The van der Waals surface area contributed by atoms with Crippen molar-refractivity contribution in [3.63, 3.8) is 0 Å². The molecule has 0 aliphatic carbocycles. The fourth-order valence-electron chi connectivity index (χ4n) is 2.41. The maximum absolute atomic E-state index is 12.1. The van der Waals surface area contributed by atoms with E-state index >= 15 is 0 Å². The van der Waals surface area contributed by atoms with Gasteiger partial charge in [-0.25, -0.2) is 4.79 Å². The van der Waals surface area contributed by atoms with Gasteiger partial charge in [-0.1, -0.05) is 12.1 Å². The Kier molecular flexibility index (Phi) is 4.62. The summed E-state index contributed by atoms with van der Waals surface area (Å²) >= 11 is 0. The third kappa shape index (κ3) is 3.11. The number of phenols is 1. The van der Waals surface area contributed by atoms with Crippen molar-refractivity contribution in [2.24, 2.45) is 0 Å². The first-order chi connectivity index (χ1) is 9.56. The third-order valence-electron chi connectivity index (χ3n) is 3.75. The van der Waals surface area contributed by atoms with Crippen LogP contribution in [0.25, 0.3) is 0 Å². The minimum Gasteiger partial charge on any atom is -0.508 e. The van der Waals surface area contributed by atoms with Crippen molar-refractivity contribution in [1.29, 1.82) is 0 Å². The van der Waals surface area contributed by atoms with Crippen LogP contribution in [0.2, 0.25) is 0 Å². The lowest BCUT2D eigenvalue weighted by molar-refractivity contribution is -0.148. The molecular formula is C15H21NO4. The normalized spacial score (nSPS) is 21.4. The van der Waals surface area contributed by atoms with Gasteiger partial charge in [-0.05, 0) is 37.5 Å². The molecule has 2 atom stereocenters. The van der Waals surface area contributed by atoms with Gasteiger partial charge >= 0.3 is 5.97 Å². The summed E-state index contributed by atoms with van der Waals surface area (Å²) in [6.07, 6.45) is 2.19. The summed E-state index contributed by atoms with van der Waals surface area (Å²) in [5, 5.41) is 12.6. The van der Waals surface area contributed by atoms with Crippen LogP contribution in [0.3, 0.4) is 0 Å². The van der Waals surface area contributed by atoms with E-state index in [1.165, 1.54) is 7.11 Å². The molecule has 1 fully saturated rings. The molecule has 1 aromatic rings. The maximum atomic E-state index is 12.1. The molecule has 5 nitrogen and oxygen atoms in total. The summed E-state index contributed by atoms with van der Waals surface area (Å²) in [7, 11) is 1.37. The van der Waals surface area contributed by atoms with Crippen molar-refractivity contribution in [2.45, 2.75) is 31.4 Å². The molecule has 20 heavy (non-hydrogen) atoms. The van der Waals surface area contributed by atoms with Crippen LogP contribution in [0.15, 0.2) is 24.3 Å². The van der Waals surface area contributed by atoms with Crippen molar-refractivity contribution < 1.29 is 19.4 Å². The van der Waals surface area contributed by atoms with E-state index in [1.54, 1.807) is 31.2 Å². The highest BCUT2D eigenvalue weighted by Crippen LogP contribution is 2.25. The fraction of sp³-hybridized carbons (Fsp3) is 0.533. The fourth-order valence-corrected chi connectivity index (χ4v) is 2.41. The number of methoxy groups -OCH3 is 1. The van der Waals surface area contributed by atoms with E-state index < -0.39 is 5.54 Å².